The molecule has 3 atom stereocenters. The predicted octanol–water partition coefficient (Wildman–Crippen LogP) is 3.05. The molecule has 2 fully saturated rings. The summed E-state index contributed by atoms with van der Waals surface area (Å²) in [5, 5.41) is 6.55. The number of hydrogen-bond donors (Lipinski definition) is 1. The van der Waals surface area contributed by atoms with Crippen LogP contribution in [0.2, 0.25) is 0 Å². The van der Waals surface area contributed by atoms with Crippen LogP contribution in [0, 0.1) is 11.6 Å². The Morgan fingerprint density at radius 2 is 1.96 bits per heavy atom. The highest BCUT2D eigenvalue weighted by atomic mass is 19.1. The van der Waals surface area contributed by atoms with Gasteiger partial charge in [-0.2, -0.15) is 0 Å². The largest absolute Gasteiger partial charge is 0.514 e. The lowest BCUT2D eigenvalue weighted by atomic mass is 9.85. The zero-order valence-corrected chi connectivity index (χ0v) is 24.7. The van der Waals surface area contributed by atoms with E-state index in [0.717, 1.165) is 6.07 Å². The molecule has 1 aromatic carbocycles. The van der Waals surface area contributed by atoms with Gasteiger partial charge in [0.2, 0.25) is 17.1 Å². The van der Waals surface area contributed by atoms with Crippen LogP contribution in [0.15, 0.2) is 34.3 Å². The zero-order valence-electron chi connectivity index (χ0n) is 24.7. The molecule has 13 nitrogen and oxygen atoms in total. The Morgan fingerprint density at radius 3 is 2.67 bits per heavy atom. The molecule has 0 radical (unpaired) electrons. The van der Waals surface area contributed by atoms with Crippen molar-refractivity contribution in [3.05, 3.63) is 63.1 Å². The van der Waals surface area contributed by atoms with Crippen LogP contribution in [0.1, 0.15) is 71.5 Å². The fourth-order valence-corrected chi connectivity index (χ4v) is 6.25. The second-order valence-electron chi connectivity index (χ2n) is 11.5. The molecule has 2 saturated heterocycles. The molecule has 1 spiro atoms. The molecule has 2 aromatic rings. The first-order valence-corrected chi connectivity index (χ1v) is 14.7. The van der Waals surface area contributed by atoms with Gasteiger partial charge in [-0.05, 0) is 25.8 Å². The van der Waals surface area contributed by atoms with Crippen molar-refractivity contribution in [2.24, 2.45) is 5.16 Å². The Hall–Kier alpha value is -4.53. The summed E-state index contributed by atoms with van der Waals surface area (Å²) < 4.78 is 50.6. The van der Waals surface area contributed by atoms with Gasteiger partial charge in [-0.1, -0.05) is 11.2 Å². The molecule has 240 valence electrons. The summed E-state index contributed by atoms with van der Waals surface area (Å²) in [7, 11) is 1.46. The molecule has 0 unspecified atom stereocenters. The lowest BCUT2D eigenvalue weighted by Crippen LogP contribution is -2.52. The van der Waals surface area contributed by atoms with E-state index in [2.05, 4.69) is 10.5 Å². The molecular weight excluding hydrogens is 598 g/mol. The molecule has 0 saturated carbocycles. The molecule has 1 N–H and O–H groups in total. The van der Waals surface area contributed by atoms with Crippen LogP contribution in [-0.2, 0) is 25.6 Å². The average molecular weight is 631 g/mol. The Bertz CT molecular complexity index is 1620. The van der Waals surface area contributed by atoms with Crippen LogP contribution in [-0.4, -0.2) is 77.9 Å². The van der Waals surface area contributed by atoms with Crippen LogP contribution >= 0.6 is 0 Å². The number of nitrogens with one attached hydrogen (secondary N) is 1. The van der Waals surface area contributed by atoms with Gasteiger partial charge in [-0.25, -0.2) is 13.6 Å². The van der Waals surface area contributed by atoms with E-state index in [1.165, 1.54) is 23.9 Å². The van der Waals surface area contributed by atoms with Gasteiger partial charge in [0.05, 0.1) is 32.8 Å². The van der Waals surface area contributed by atoms with E-state index in [1.807, 2.05) is 6.92 Å². The standard InChI is InChI=1S/C30H32F2N4O9/c1-16-5-8-30(12-23(41-2)34-45-30)22-15-35(16)28(39)24-26(44-29(40)43-19-6-9-42-10-7-19)25(37)20(14-36(22)24)27(38)33-13-17-3-4-18(31)11-21(17)32/h3-4,11,14,16,19,22H,5-10,12-13,15H2,1-2H3,(H,33,38)/t16-,22+,30-/m0/s1. The molecular formula is C30H32F2N4O9. The first kappa shape index (κ1) is 30.5. The number of rotatable bonds is 5. The summed E-state index contributed by atoms with van der Waals surface area (Å²) in [6.45, 7) is 2.39. The maximum atomic E-state index is 14.3. The summed E-state index contributed by atoms with van der Waals surface area (Å²) in [4.78, 5) is 61.9. The Balaban J connectivity index is 1.42. The Kier molecular flexibility index (Phi) is 8.20. The molecule has 45 heavy (non-hydrogen) atoms. The van der Waals surface area contributed by atoms with E-state index in [-0.39, 0.29) is 36.8 Å². The highest BCUT2D eigenvalue weighted by molar-refractivity contribution is 6.00. The Labute approximate surface area is 256 Å². The summed E-state index contributed by atoms with van der Waals surface area (Å²) in [5.74, 6) is -3.52. The highest BCUT2D eigenvalue weighted by Gasteiger charge is 2.55. The van der Waals surface area contributed by atoms with Crippen molar-refractivity contribution < 1.29 is 46.9 Å². The fraction of sp³-hybridized carbons (Fsp3) is 0.500. The van der Waals surface area contributed by atoms with E-state index >= 15 is 0 Å². The van der Waals surface area contributed by atoms with Crippen molar-refractivity contribution in [1.29, 1.82) is 0 Å². The molecule has 0 aliphatic carbocycles. The number of hydrogen-bond acceptors (Lipinski definition) is 10. The lowest BCUT2D eigenvalue weighted by molar-refractivity contribution is -0.0656. The lowest BCUT2D eigenvalue weighted by Gasteiger charge is -2.41. The van der Waals surface area contributed by atoms with Gasteiger partial charge in [0.25, 0.3) is 11.8 Å². The van der Waals surface area contributed by atoms with Crippen molar-refractivity contribution in [1.82, 2.24) is 14.8 Å². The predicted molar refractivity (Wildman–Crippen MR) is 151 cm³/mol. The van der Waals surface area contributed by atoms with Gasteiger partial charge >= 0.3 is 6.16 Å². The van der Waals surface area contributed by atoms with Crippen LogP contribution in [0.3, 0.4) is 0 Å². The maximum absolute atomic E-state index is 14.3. The van der Waals surface area contributed by atoms with Crippen LogP contribution in [0.25, 0.3) is 0 Å². The Morgan fingerprint density at radius 1 is 1.18 bits per heavy atom. The first-order chi connectivity index (χ1) is 21.6. The van der Waals surface area contributed by atoms with Gasteiger partial charge in [-0.3, -0.25) is 14.4 Å². The zero-order chi connectivity index (χ0) is 31.9. The second kappa shape index (κ2) is 12.1. The number of nitrogens with zero attached hydrogens (tertiary/aromatic N) is 3. The van der Waals surface area contributed by atoms with Gasteiger partial charge in [0.1, 0.15) is 23.3 Å². The summed E-state index contributed by atoms with van der Waals surface area (Å²) in [6.07, 6.45) is 1.56. The number of ether oxygens (including phenoxy) is 4. The number of fused-ring (bicyclic) bond motifs is 5. The average Bonchev–Trinajstić information content (AvgIpc) is 3.40. The number of benzene rings is 1. The molecule has 15 heteroatoms. The molecule has 4 aliphatic rings. The van der Waals surface area contributed by atoms with E-state index < -0.39 is 64.1 Å². The van der Waals surface area contributed by atoms with Crippen molar-refractivity contribution in [2.45, 2.75) is 69.4 Å². The first-order valence-electron chi connectivity index (χ1n) is 14.7. The number of pyridine rings is 1. The number of carbonyl (C=O) groups excluding carboxylic acids is 3. The number of carbonyl (C=O) groups is 3. The van der Waals surface area contributed by atoms with Crippen molar-refractivity contribution >= 4 is 23.9 Å². The van der Waals surface area contributed by atoms with Crippen molar-refractivity contribution in [2.75, 3.05) is 26.9 Å². The quantitative estimate of drug-likeness (QED) is 0.493. The maximum Gasteiger partial charge on any atom is 0.514 e. The highest BCUT2D eigenvalue weighted by Crippen LogP contribution is 2.46. The minimum Gasteiger partial charge on any atom is -0.482 e. The van der Waals surface area contributed by atoms with Gasteiger partial charge in [-0.15, -0.1) is 0 Å². The van der Waals surface area contributed by atoms with E-state index in [9.17, 15) is 28.0 Å². The second-order valence-corrected chi connectivity index (χ2v) is 11.5. The van der Waals surface area contributed by atoms with Crippen molar-refractivity contribution in [3.8, 4) is 5.75 Å². The number of halogens is 2. The van der Waals surface area contributed by atoms with Crippen LogP contribution in [0.5, 0.6) is 5.75 Å². The number of oxime groups is 1. The van der Waals surface area contributed by atoms with Crippen molar-refractivity contribution in [3.63, 3.8) is 0 Å². The topological polar surface area (TPSA) is 147 Å². The third-order valence-corrected chi connectivity index (χ3v) is 8.82. The minimum atomic E-state index is -1.21. The molecule has 2 bridgehead atoms. The summed E-state index contributed by atoms with van der Waals surface area (Å²) in [5.41, 5.74) is -2.80. The summed E-state index contributed by atoms with van der Waals surface area (Å²) in [6, 6.07) is 1.93. The van der Waals surface area contributed by atoms with Gasteiger partial charge in [0, 0.05) is 49.8 Å². The monoisotopic (exact) mass is 630 g/mol. The van der Waals surface area contributed by atoms with E-state index in [4.69, 9.17) is 23.8 Å². The number of methoxy groups -OCH3 is 1. The molecule has 5 heterocycles. The normalized spacial score (nSPS) is 24.3. The van der Waals surface area contributed by atoms with Crippen LogP contribution in [0.4, 0.5) is 13.6 Å². The molecule has 1 aromatic heterocycles. The van der Waals surface area contributed by atoms with E-state index in [1.54, 1.807) is 4.90 Å². The third kappa shape index (κ3) is 5.72. The molecule has 2 amide bonds. The molecule has 6 rings (SSSR count). The van der Waals surface area contributed by atoms with Gasteiger partial charge < -0.3 is 38.6 Å². The smallest absolute Gasteiger partial charge is 0.482 e. The van der Waals surface area contributed by atoms with Crippen LogP contribution < -0.4 is 15.5 Å². The number of amides is 2. The van der Waals surface area contributed by atoms with E-state index in [0.29, 0.717) is 50.9 Å². The fourth-order valence-electron chi connectivity index (χ4n) is 6.25. The van der Waals surface area contributed by atoms with Gasteiger partial charge in [0.15, 0.2) is 11.3 Å². The molecule has 4 aliphatic heterocycles. The number of aromatic nitrogens is 1. The minimum absolute atomic E-state index is 0.0227. The third-order valence-electron chi connectivity index (χ3n) is 8.82. The SMILES string of the molecule is COC1=NO[C@@]2(CC[C@H](C)N3C[C@H]2n2cc(C(=O)NCc4ccc(F)cc4F)c(=O)c(OC(=O)OC4CCOCC4)c2C3=O)C1. The summed E-state index contributed by atoms with van der Waals surface area (Å²) >= 11 is 0.